The normalized spacial score (nSPS) is 18.0. The fourth-order valence-electron chi connectivity index (χ4n) is 3.06. The first kappa shape index (κ1) is 16.7. The zero-order chi connectivity index (χ0) is 17.2. The molecule has 1 saturated heterocycles. The van der Waals surface area contributed by atoms with Crippen molar-refractivity contribution in [1.29, 1.82) is 0 Å². The van der Waals surface area contributed by atoms with Gasteiger partial charge >= 0.3 is 0 Å². The molecule has 1 aliphatic heterocycles. The summed E-state index contributed by atoms with van der Waals surface area (Å²) in [5, 5.41) is 2.89. The molecule has 0 spiro atoms. The van der Waals surface area contributed by atoms with E-state index < -0.39 is 10.0 Å². The highest BCUT2D eigenvalue weighted by Crippen LogP contribution is 2.23. The van der Waals surface area contributed by atoms with Gasteiger partial charge in [0.15, 0.2) is 0 Å². The molecule has 0 saturated carbocycles. The quantitative estimate of drug-likeness (QED) is 0.905. The minimum atomic E-state index is -3.42. The van der Waals surface area contributed by atoms with E-state index in [1.54, 1.807) is 4.90 Å². The maximum Gasteiger partial charge on any atom is 0.254 e. The van der Waals surface area contributed by atoms with Crippen LogP contribution in [0.4, 0.5) is 0 Å². The van der Waals surface area contributed by atoms with E-state index in [1.165, 1.54) is 0 Å². The van der Waals surface area contributed by atoms with Crippen LogP contribution in [0.3, 0.4) is 0 Å². The Balaban J connectivity index is 1.71. The van der Waals surface area contributed by atoms with Gasteiger partial charge in [-0.15, -0.1) is 0 Å². The molecule has 3 rings (SSSR count). The number of nitrogens with zero attached hydrogens (tertiary/aromatic N) is 1. The van der Waals surface area contributed by atoms with Gasteiger partial charge in [0.2, 0.25) is 10.0 Å². The summed E-state index contributed by atoms with van der Waals surface area (Å²) in [5.74, 6) is 0.125. The lowest BCUT2D eigenvalue weighted by atomic mass is 10.0. The number of sulfonamides is 1. The molecule has 1 heterocycles. The Morgan fingerprint density at radius 3 is 2.79 bits per heavy atom. The largest absolute Gasteiger partial charge is 0.338 e. The summed E-state index contributed by atoms with van der Waals surface area (Å²) in [6, 6.07) is 13.5. The molecule has 0 radical (unpaired) electrons. The van der Waals surface area contributed by atoms with Crippen LogP contribution >= 0.6 is 0 Å². The smallest absolute Gasteiger partial charge is 0.254 e. The molecule has 1 amide bonds. The van der Waals surface area contributed by atoms with Crippen LogP contribution in [0.5, 0.6) is 0 Å². The molecule has 1 aliphatic rings. The lowest BCUT2D eigenvalue weighted by Gasteiger charge is -2.18. The highest BCUT2D eigenvalue weighted by molar-refractivity contribution is 7.92. The Hall–Kier alpha value is -2.18. The highest BCUT2D eigenvalue weighted by Gasteiger charge is 2.28. The van der Waals surface area contributed by atoms with Gasteiger partial charge < -0.3 is 4.90 Å². The average Bonchev–Trinajstić information content (AvgIpc) is 3.08. The van der Waals surface area contributed by atoms with E-state index in [4.69, 9.17) is 0 Å². The first-order chi connectivity index (χ1) is 11.5. The zero-order valence-corrected chi connectivity index (χ0v) is 14.1. The molecule has 1 atom stereocenters. The topological polar surface area (TPSA) is 66.5 Å². The van der Waals surface area contributed by atoms with Crippen molar-refractivity contribution in [2.24, 2.45) is 5.92 Å². The van der Waals surface area contributed by atoms with Gasteiger partial charge in [0.1, 0.15) is 0 Å². The summed E-state index contributed by atoms with van der Waals surface area (Å²) < 4.78 is 25.4. The molecule has 24 heavy (non-hydrogen) atoms. The van der Waals surface area contributed by atoms with Crippen molar-refractivity contribution >= 4 is 26.7 Å². The van der Waals surface area contributed by atoms with Crippen LogP contribution in [-0.2, 0) is 10.0 Å². The van der Waals surface area contributed by atoms with Crippen LogP contribution in [-0.4, -0.2) is 38.9 Å². The SMILES string of the molecule is C=CS(=O)(=O)NC[C@H]1CCN(C(=O)c2cccc3ccccc23)C1. The van der Waals surface area contributed by atoms with E-state index in [0.717, 1.165) is 22.6 Å². The number of rotatable bonds is 5. The van der Waals surface area contributed by atoms with Gasteiger partial charge in [0.25, 0.3) is 5.91 Å². The van der Waals surface area contributed by atoms with Gasteiger partial charge in [-0.25, -0.2) is 13.1 Å². The first-order valence-electron chi connectivity index (χ1n) is 7.89. The number of carbonyl (C=O) groups excluding carboxylic acids is 1. The summed E-state index contributed by atoms with van der Waals surface area (Å²) in [6.45, 7) is 4.80. The second kappa shape index (κ2) is 6.75. The van der Waals surface area contributed by atoms with Crippen molar-refractivity contribution in [2.75, 3.05) is 19.6 Å². The fourth-order valence-corrected chi connectivity index (χ4v) is 3.64. The van der Waals surface area contributed by atoms with E-state index in [0.29, 0.717) is 25.2 Å². The molecule has 1 N–H and O–H groups in total. The number of hydrogen-bond donors (Lipinski definition) is 1. The predicted octanol–water partition coefficient (Wildman–Crippen LogP) is 2.36. The van der Waals surface area contributed by atoms with Crippen LogP contribution in [0.1, 0.15) is 16.8 Å². The molecule has 2 aromatic rings. The van der Waals surface area contributed by atoms with Gasteiger partial charge in [-0.2, -0.15) is 0 Å². The highest BCUT2D eigenvalue weighted by atomic mass is 32.2. The van der Waals surface area contributed by atoms with Crippen LogP contribution in [0.25, 0.3) is 10.8 Å². The van der Waals surface area contributed by atoms with Crippen molar-refractivity contribution in [1.82, 2.24) is 9.62 Å². The Morgan fingerprint density at radius 2 is 2.00 bits per heavy atom. The molecule has 0 aromatic heterocycles. The third-order valence-electron chi connectivity index (χ3n) is 4.39. The molecule has 0 aliphatic carbocycles. The lowest BCUT2D eigenvalue weighted by Crippen LogP contribution is -2.32. The summed E-state index contributed by atoms with van der Waals surface area (Å²) in [6.07, 6.45) is 0.788. The number of amides is 1. The van der Waals surface area contributed by atoms with Crippen LogP contribution in [0, 0.1) is 5.92 Å². The van der Waals surface area contributed by atoms with Crippen LogP contribution in [0.2, 0.25) is 0 Å². The minimum Gasteiger partial charge on any atom is -0.338 e. The van der Waals surface area contributed by atoms with Crippen molar-refractivity contribution in [3.8, 4) is 0 Å². The molecule has 6 heteroatoms. The summed E-state index contributed by atoms with van der Waals surface area (Å²) >= 11 is 0. The molecule has 0 unspecified atom stereocenters. The van der Waals surface area contributed by atoms with Gasteiger partial charge in [0, 0.05) is 30.6 Å². The van der Waals surface area contributed by atoms with Gasteiger partial charge in [-0.1, -0.05) is 43.0 Å². The molecule has 1 fully saturated rings. The second-order valence-electron chi connectivity index (χ2n) is 5.99. The zero-order valence-electron chi connectivity index (χ0n) is 13.3. The lowest BCUT2D eigenvalue weighted by molar-refractivity contribution is 0.0789. The third-order valence-corrected chi connectivity index (χ3v) is 5.39. The Kier molecular flexibility index (Phi) is 4.69. The van der Waals surface area contributed by atoms with Crippen molar-refractivity contribution in [3.63, 3.8) is 0 Å². The first-order valence-corrected chi connectivity index (χ1v) is 9.44. The summed E-state index contributed by atoms with van der Waals surface area (Å²) in [7, 11) is -3.42. The molecular formula is C18H20N2O3S. The molecular weight excluding hydrogens is 324 g/mol. The monoisotopic (exact) mass is 344 g/mol. The number of carbonyl (C=O) groups is 1. The van der Waals surface area contributed by atoms with Crippen LogP contribution < -0.4 is 4.72 Å². The maximum atomic E-state index is 12.8. The van der Waals surface area contributed by atoms with Gasteiger partial charge in [-0.05, 0) is 29.2 Å². The van der Waals surface area contributed by atoms with Gasteiger partial charge in [0.05, 0.1) is 0 Å². The van der Waals surface area contributed by atoms with Crippen molar-refractivity contribution < 1.29 is 13.2 Å². The fraction of sp³-hybridized carbons (Fsp3) is 0.278. The molecule has 0 bridgehead atoms. The number of nitrogens with one attached hydrogen (secondary N) is 1. The van der Waals surface area contributed by atoms with E-state index in [1.807, 2.05) is 42.5 Å². The number of likely N-dealkylation sites (tertiary alicyclic amines) is 1. The minimum absolute atomic E-state index is 0.000813. The third kappa shape index (κ3) is 3.49. The van der Waals surface area contributed by atoms with Crippen molar-refractivity contribution in [3.05, 3.63) is 60.0 Å². The van der Waals surface area contributed by atoms with E-state index in [-0.39, 0.29) is 11.8 Å². The Bertz CT molecular complexity index is 871. The molecule has 5 nitrogen and oxygen atoms in total. The number of fused-ring (bicyclic) bond motifs is 1. The van der Waals surface area contributed by atoms with Gasteiger partial charge in [-0.3, -0.25) is 4.79 Å². The number of hydrogen-bond acceptors (Lipinski definition) is 3. The predicted molar refractivity (Wildman–Crippen MR) is 95.1 cm³/mol. The maximum absolute atomic E-state index is 12.8. The standard InChI is InChI=1S/C18H20N2O3S/c1-2-24(22,23)19-12-14-10-11-20(13-14)18(21)17-9-5-7-15-6-3-4-8-16(15)17/h2-9,14,19H,1,10-13H2/t14-/m1/s1. The number of benzene rings is 2. The van der Waals surface area contributed by atoms with E-state index in [2.05, 4.69) is 11.3 Å². The molecule has 2 aromatic carbocycles. The van der Waals surface area contributed by atoms with E-state index >= 15 is 0 Å². The second-order valence-corrected chi connectivity index (χ2v) is 7.70. The summed E-state index contributed by atoms with van der Waals surface area (Å²) in [5.41, 5.74) is 0.695. The summed E-state index contributed by atoms with van der Waals surface area (Å²) in [4.78, 5) is 14.6. The van der Waals surface area contributed by atoms with Crippen LogP contribution in [0.15, 0.2) is 54.5 Å². The van der Waals surface area contributed by atoms with E-state index in [9.17, 15) is 13.2 Å². The van der Waals surface area contributed by atoms with Crippen molar-refractivity contribution in [2.45, 2.75) is 6.42 Å². The Morgan fingerprint density at radius 1 is 1.25 bits per heavy atom. The Labute approximate surface area is 142 Å². The molecule has 126 valence electrons. The average molecular weight is 344 g/mol.